The van der Waals surface area contributed by atoms with Crippen LogP contribution in [0.2, 0.25) is 0 Å². The highest BCUT2D eigenvalue weighted by molar-refractivity contribution is 5.60. The molecule has 0 radical (unpaired) electrons. The Labute approximate surface area is 110 Å². The maximum atomic E-state index is 6.01. The van der Waals surface area contributed by atoms with Crippen LogP contribution >= 0.6 is 0 Å². The molecular formula is C15H23N3. The third-order valence-corrected chi connectivity index (χ3v) is 4.47. The van der Waals surface area contributed by atoms with Gasteiger partial charge in [-0.2, -0.15) is 0 Å². The van der Waals surface area contributed by atoms with Crippen molar-refractivity contribution in [3.8, 4) is 0 Å². The summed E-state index contributed by atoms with van der Waals surface area (Å²) < 4.78 is 0. The van der Waals surface area contributed by atoms with Gasteiger partial charge in [0.2, 0.25) is 0 Å². The van der Waals surface area contributed by atoms with Crippen molar-refractivity contribution in [1.29, 1.82) is 0 Å². The highest BCUT2D eigenvalue weighted by Crippen LogP contribution is 2.35. The minimum Gasteiger partial charge on any atom is -0.399 e. The number of likely N-dealkylation sites (N-methyl/N-ethyl adjacent to an activating group) is 1. The van der Waals surface area contributed by atoms with Gasteiger partial charge in [-0.1, -0.05) is 6.92 Å². The summed E-state index contributed by atoms with van der Waals surface area (Å²) in [5, 5.41) is 0. The first kappa shape index (κ1) is 11.8. The predicted octanol–water partition coefficient (Wildman–Crippen LogP) is 2.11. The van der Waals surface area contributed by atoms with Gasteiger partial charge in [0.05, 0.1) is 0 Å². The number of aryl methyl sites for hydroxylation is 1. The lowest BCUT2D eigenvalue weighted by Crippen LogP contribution is -2.52. The zero-order chi connectivity index (χ0) is 12.7. The van der Waals surface area contributed by atoms with Crippen LogP contribution in [0.1, 0.15) is 25.3 Å². The predicted molar refractivity (Wildman–Crippen MR) is 77.0 cm³/mol. The van der Waals surface area contributed by atoms with Gasteiger partial charge in [0.1, 0.15) is 0 Å². The lowest BCUT2D eigenvalue weighted by Gasteiger charge is -2.41. The highest BCUT2D eigenvalue weighted by atomic mass is 15.3. The lowest BCUT2D eigenvalue weighted by atomic mass is 10.1. The van der Waals surface area contributed by atoms with E-state index in [1.807, 2.05) is 0 Å². The number of piperazine rings is 1. The molecule has 2 heterocycles. The average molecular weight is 245 g/mol. The molecule has 2 fully saturated rings. The van der Waals surface area contributed by atoms with E-state index in [0.717, 1.165) is 12.1 Å². The van der Waals surface area contributed by atoms with Crippen molar-refractivity contribution in [2.75, 3.05) is 30.8 Å². The molecule has 2 unspecified atom stereocenters. The van der Waals surface area contributed by atoms with E-state index in [0.29, 0.717) is 12.1 Å². The lowest BCUT2D eigenvalue weighted by molar-refractivity contribution is 0.265. The van der Waals surface area contributed by atoms with E-state index >= 15 is 0 Å². The van der Waals surface area contributed by atoms with Gasteiger partial charge >= 0.3 is 0 Å². The van der Waals surface area contributed by atoms with Gasteiger partial charge < -0.3 is 15.5 Å². The standard InChI is InChI=1S/C15H23N3/c1-3-11-8-12(6-7-15(11)16)18-13-4-5-14(18)10-17(2)9-13/h6-8,13-14H,3-5,9-10,16H2,1-2H3. The van der Waals surface area contributed by atoms with Crippen molar-refractivity contribution < 1.29 is 0 Å². The molecule has 1 aromatic carbocycles. The maximum absolute atomic E-state index is 6.01. The van der Waals surface area contributed by atoms with Crippen LogP contribution in [-0.2, 0) is 6.42 Å². The van der Waals surface area contributed by atoms with Crippen molar-refractivity contribution >= 4 is 11.4 Å². The summed E-state index contributed by atoms with van der Waals surface area (Å²) >= 11 is 0. The van der Waals surface area contributed by atoms with E-state index in [1.165, 1.54) is 37.2 Å². The molecule has 0 spiro atoms. The second-order valence-electron chi connectivity index (χ2n) is 5.75. The number of hydrogen-bond donors (Lipinski definition) is 1. The molecule has 2 aliphatic heterocycles. The summed E-state index contributed by atoms with van der Waals surface area (Å²) in [6.45, 7) is 4.57. The molecule has 0 saturated carbocycles. The van der Waals surface area contributed by atoms with E-state index in [-0.39, 0.29) is 0 Å². The Hall–Kier alpha value is -1.22. The van der Waals surface area contributed by atoms with Crippen molar-refractivity contribution in [3.05, 3.63) is 23.8 Å². The van der Waals surface area contributed by atoms with Crippen LogP contribution in [0.4, 0.5) is 11.4 Å². The summed E-state index contributed by atoms with van der Waals surface area (Å²) in [5.74, 6) is 0. The molecule has 2 bridgehead atoms. The zero-order valence-electron chi connectivity index (χ0n) is 11.4. The first-order valence-corrected chi connectivity index (χ1v) is 7.04. The number of nitrogens with two attached hydrogens (primary N) is 1. The summed E-state index contributed by atoms with van der Waals surface area (Å²) in [4.78, 5) is 5.11. The Morgan fingerprint density at radius 2 is 1.89 bits per heavy atom. The smallest absolute Gasteiger partial charge is 0.0421 e. The number of likely N-dealkylation sites (tertiary alicyclic amines) is 1. The number of nitrogen functional groups attached to an aromatic ring is 1. The largest absolute Gasteiger partial charge is 0.399 e. The molecule has 0 aliphatic carbocycles. The van der Waals surface area contributed by atoms with Gasteiger partial charge in [0.25, 0.3) is 0 Å². The quantitative estimate of drug-likeness (QED) is 0.810. The Balaban J connectivity index is 1.91. The van der Waals surface area contributed by atoms with Gasteiger partial charge in [-0.05, 0) is 50.1 Å². The number of benzene rings is 1. The van der Waals surface area contributed by atoms with Crippen molar-refractivity contribution in [2.45, 2.75) is 38.3 Å². The number of rotatable bonds is 2. The summed E-state index contributed by atoms with van der Waals surface area (Å²) in [6, 6.07) is 7.97. The molecule has 2 atom stereocenters. The molecule has 2 saturated heterocycles. The number of nitrogens with zero attached hydrogens (tertiary/aromatic N) is 2. The number of anilines is 2. The summed E-state index contributed by atoms with van der Waals surface area (Å²) in [7, 11) is 2.24. The average Bonchev–Trinajstić information content (AvgIpc) is 2.63. The first-order valence-electron chi connectivity index (χ1n) is 7.04. The van der Waals surface area contributed by atoms with Gasteiger partial charge in [-0.15, -0.1) is 0 Å². The van der Waals surface area contributed by atoms with Crippen LogP contribution in [0.25, 0.3) is 0 Å². The Bertz CT molecular complexity index is 429. The van der Waals surface area contributed by atoms with E-state index < -0.39 is 0 Å². The van der Waals surface area contributed by atoms with Gasteiger partial charge in [-0.3, -0.25) is 0 Å². The minimum atomic E-state index is 0.696. The van der Waals surface area contributed by atoms with E-state index in [1.54, 1.807) is 0 Å². The monoisotopic (exact) mass is 245 g/mol. The molecule has 2 aliphatic rings. The molecule has 2 N–H and O–H groups in total. The molecule has 18 heavy (non-hydrogen) atoms. The first-order chi connectivity index (χ1) is 8.69. The van der Waals surface area contributed by atoms with Crippen LogP contribution in [0.15, 0.2) is 18.2 Å². The van der Waals surface area contributed by atoms with Crippen LogP contribution < -0.4 is 10.6 Å². The third kappa shape index (κ3) is 1.87. The SMILES string of the molecule is CCc1cc(N2C3CCC2CN(C)C3)ccc1N. The fourth-order valence-electron chi connectivity index (χ4n) is 3.59. The normalized spacial score (nSPS) is 27.8. The van der Waals surface area contributed by atoms with Crippen LogP contribution in [-0.4, -0.2) is 37.1 Å². The van der Waals surface area contributed by atoms with Crippen molar-refractivity contribution in [1.82, 2.24) is 4.90 Å². The second kappa shape index (κ2) is 4.47. The van der Waals surface area contributed by atoms with Gasteiger partial charge in [0, 0.05) is 36.5 Å². The van der Waals surface area contributed by atoms with Gasteiger partial charge in [0.15, 0.2) is 0 Å². The zero-order valence-corrected chi connectivity index (χ0v) is 11.4. The Morgan fingerprint density at radius 1 is 1.22 bits per heavy atom. The van der Waals surface area contributed by atoms with Crippen molar-refractivity contribution in [3.63, 3.8) is 0 Å². The van der Waals surface area contributed by atoms with E-state index in [2.05, 4.69) is 42.0 Å². The molecule has 0 amide bonds. The fraction of sp³-hybridized carbons (Fsp3) is 0.600. The molecule has 3 nitrogen and oxygen atoms in total. The van der Waals surface area contributed by atoms with Crippen LogP contribution in [0, 0.1) is 0 Å². The minimum absolute atomic E-state index is 0.696. The molecular weight excluding hydrogens is 222 g/mol. The van der Waals surface area contributed by atoms with E-state index in [4.69, 9.17) is 5.73 Å². The van der Waals surface area contributed by atoms with Gasteiger partial charge in [-0.25, -0.2) is 0 Å². The topological polar surface area (TPSA) is 32.5 Å². The number of fused-ring (bicyclic) bond motifs is 2. The highest BCUT2D eigenvalue weighted by Gasteiger charge is 2.38. The fourth-order valence-corrected chi connectivity index (χ4v) is 3.59. The third-order valence-electron chi connectivity index (χ3n) is 4.47. The number of hydrogen-bond acceptors (Lipinski definition) is 3. The molecule has 3 rings (SSSR count). The summed E-state index contributed by atoms with van der Waals surface area (Å²) in [5.41, 5.74) is 9.60. The molecule has 0 aromatic heterocycles. The van der Waals surface area contributed by atoms with Crippen LogP contribution in [0.3, 0.4) is 0 Å². The maximum Gasteiger partial charge on any atom is 0.0421 e. The van der Waals surface area contributed by atoms with E-state index in [9.17, 15) is 0 Å². The second-order valence-corrected chi connectivity index (χ2v) is 5.75. The van der Waals surface area contributed by atoms with Crippen molar-refractivity contribution in [2.24, 2.45) is 0 Å². The molecule has 1 aromatic rings. The Kier molecular flexibility index (Phi) is 2.94. The molecule has 3 heteroatoms. The molecule has 98 valence electrons. The Morgan fingerprint density at radius 3 is 2.50 bits per heavy atom. The summed E-state index contributed by atoms with van der Waals surface area (Å²) in [6.07, 6.45) is 3.68. The van der Waals surface area contributed by atoms with Crippen LogP contribution in [0.5, 0.6) is 0 Å².